The maximum atomic E-state index is 12.2. The van der Waals surface area contributed by atoms with E-state index in [1.807, 2.05) is 0 Å². The molecule has 0 spiro atoms. The number of amides is 2. The minimum absolute atomic E-state index is 0.0542. The maximum absolute atomic E-state index is 12.2. The Morgan fingerprint density at radius 1 is 1.56 bits per heavy atom. The highest BCUT2D eigenvalue weighted by atomic mass is 16.2. The lowest BCUT2D eigenvalue weighted by Crippen LogP contribution is -2.47. The van der Waals surface area contributed by atoms with Gasteiger partial charge in [0.05, 0.1) is 12.1 Å². The summed E-state index contributed by atoms with van der Waals surface area (Å²) in [5, 5.41) is 11.5. The zero-order valence-corrected chi connectivity index (χ0v) is 10.4. The van der Waals surface area contributed by atoms with Gasteiger partial charge in [-0.25, -0.2) is 0 Å². The lowest BCUT2D eigenvalue weighted by atomic mass is 10.1. The van der Waals surface area contributed by atoms with Crippen molar-refractivity contribution in [3.05, 3.63) is 0 Å². The predicted octanol–water partition coefficient (Wildman–Crippen LogP) is -0.790. The summed E-state index contributed by atoms with van der Waals surface area (Å²) < 4.78 is 0. The van der Waals surface area contributed by atoms with E-state index in [4.69, 9.17) is 11.0 Å². The van der Waals surface area contributed by atoms with E-state index in [0.29, 0.717) is 13.0 Å². The van der Waals surface area contributed by atoms with Crippen LogP contribution in [0.15, 0.2) is 0 Å². The Morgan fingerprint density at radius 3 is 2.89 bits per heavy atom. The van der Waals surface area contributed by atoms with Gasteiger partial charge >= 0.3 is 0 Å². The van der Waals surface area contributed by atoms with Gasteiger partial charge in [0.1, 0.15) is 6.04 Å². The molecule has 0 radical (unpaired) electrons. The second-order valence-corrected chi connectivity index (χ2v) is 4.96. The second kappa shape index (κ2) is 4.94. The Labute approximate surface area is 106 Å². The van der Waals surface area contributed by atoms with Crippen molar-refractivity contribution in [2.45, 2.75) is 31.3 Å². The third-order valence-electron chi connectivity index (χ3n) is 3.85. The summed E-state index contributed by atoms with van der Waals surface area (Å²) in [7, 11) is 1.58. The lowest BCUT2D eigenvalue weighted by Gasteiger charge is -2.23. The first kappa shape index (κ1) is 12.8. The van der Waals surface area contributed by atoms with E-state index < -0.39 is 6.04 Å². The highest BCUT2D eigenvalue weighted by Crippen LogP contribution is 2.41. The largest absolute Gasteiger partial charge is 0.359 e. The molecule has 1 saturated carbocycles. The molecule has 1 heterocycles. The third-order valence-corrected chi connectivity index (χ3v) is 3.85. The zero-order valence-electron chi connectivity index (χ0n) is 10.4. The Balaban J connectivity index is 1.95. The Bertz CT molecular complexity index is 403. The number of carbonyl (C=O) groups excluding carboxylic acids is 2. The molecule has 3 N–H and O–H groups in total. The first-order valence-electron chi connectivity index (χ1n) is 6.27. The minimum atomic E-state index is -0.652. The van der Waals surface area contributed by atoms with Gasteiger partial charge in [-0.05, 0) is 25.2 Å². The van der Waals surface area contributed by atoms with Gasteiger partial charge in [0.15, 0.2) is 0 Å². The lowest BCUT2D eigenvalue weighted by molar-refractivity contribution is -0.133. The number of nitrogens with zero attached hydrogens (tertiary/aromatic N) is 2. The molecule has 0 bridgehead atoms. The average Bonchev–Trinajstić information content (AvgIpc) is 3.05. The van der Waals surface area contributed by atoms with Crippen LogP contribution in [0, 0.1) is 23.2 Å². The van der Waals surface area contributed by atoms with Gasteiger partial charge in [-0.1, -0.05) is 0 Å². The van der Waals surface area contributed by atoms with Crippen LogP contribution in [0.5, 0.6) is 0 Å². The number of nitriles is 1. The number of nitrogens with one attached hydrogen (secondary N) is 1. The molecule has 2 fully saturated rings. The molecular weight excluding hydrogens is 232 g/mol. The summed E-state index contributed by atoms with van der Waals surface area (Å²) >= 11 is 0. The molecule has 0 aromatic carbocycles. The van der Waals surface area contributed by atoms with Gasteiger partial charge in [0, 0.05) is 19.5 Å². The van der Waals surface area contributed by atoms with Crippen LogP contribution in [0.25, 0.3) is 0 Å². The molecule has 4 unspecified atom stereocenters. The molecule has 1 saturated heterocycles. The first-order chi connectivity index (χ1) is 8.60. The number of rotatable bonds is 3. The molecule has 2 amide bonds. The third kappa shape index (κ3) is 2.18. The van der Waals surface area contributed by atoms with Gasteiger partial charge in [-0.3, -0.25) is 9.59 Å². The molecule has 18 heavy (non-hydrogen) atoms. The Kier molecular flexibility index (Phi) is 3.53. The first-order valence-corrected chi connectivity index (χ1v) is 6.27. The summed E-state index contributed by atoms with van der Waals surface area (Å²) in [6.07, 6.45) is 2.23. The molecule has 2 rings (SSSR count). The summed E-state index contributed by atoms with van der Waals surface area (Å²) in [5.41, 5.74) is 5.92. The van der Waals surface area contributed by atoms with Crippen LogP contribution in [0.3, 0.4) is 0 Å². The number of hydrogen-bond donors (Lipinski definition) is 2. The summed E-state index contributed by atoms with van der Waals surface area (Å²) in [5.74, 6) is -0.452. The highest BCUT2D eigenvalue weighted by molar-refractivity contribution is 5.87. The van der Waals surface area contributed by atoms with Crippen molar-refractivity contribution in [2.24, 2.45) is 17.6 Å². The topological polar surface area (TPSA) is 99.2 Å². The maximum Gasteiger partial charge on any atom is 0.240 e. The van der Waals surface area contributed by atoms with E-state index in [9.17, 15) is 9.59 Å². The normalized spacial score (nSPS) is 31.6. The van der Waals surface area contributed by atoms with Crippen molar-refractivity contribution in [3.8, 4) is 6.07 Å². The van der Waals surface area contributed by atoms with Gasteiger partial charge in [-0.15, -0.1) is 0 Å². The minimum Gasteiger partial charge on any atom is -0.359 e. The number of carbonyl (C=O) groups is 2. The molecule has 98 valence electrons. The summed E-state index contributed by atoms with van der Waals surface area (Å²) in [6.45, 7) is 0.599. The van der Waals surface area contributed by atoms with Crippen LogP contribution in [0.1, 0.15) is 19.3 Å². The smallest absolute Gasteiger partial charge is 0.240 e. The van der Waals surface area contributed by atoms with Gasteiger partial charge in [-0.2, -0.15) is 5.26 Å². The molecule has 4 atom stereocenters. The van der Waals surface area contributed by atoms with E-state index >= 15 is 0 Å². The van der Waals surface area contributed by atoms with Crippen molar-refractivity contribution < 1.29 is 9.59 Å². The summed E-state index contributed by atoms with van der Waals surface area (Å²) in [4.78, 5) is 25.1. The van der Waals surface area contributed by atoms with Crippen molar-refractivity contribution in [3.63, 3.8) is 0 Å². The van der Waals surface area contributed by atoms with Crippen LogP contribution in [-0.2, 0) is 9.59 Å². The van der Waals surface area contributed by atoms with E-state index in [2.05, 4.69) is 11.4 Å². The molecule has 1 aliphatic heterocycles. The quantitative estimate of drug-likeness (QED) is 0.685. The van der Waals surface area contributed by atoms with E-state index in [1.165, 1.54) is 0 Å². The molecule has 0 aromatic rings. The molecule has 6 nitrogen and oxygen atoms in total. The van der Waals surface area contributed by atoms with E-state index in [0.717, 1.165) is 12.8 Å². The van der Waals surface area contributed by atoms with Gasteiger partial charge in [0.25, 0.3) is 0 Å². The van der Waals surface area contributed by atoms with Crippen LogP contribution in [-0.4, -0.2) is 42.4 Å². The fraction of sp³-hybridized carbons (Fsp3) is 0.750. The second-order valence-electron chi connectivity index (χ2n) is 4.96. The van der Waals surface area contributed by atoms with Crippen LogP contribution in [0.2, 0.25) is 0 Å². The van der Waals surface area contributed by atoms with Crippen molar-refractivity contribution in [1.82, 2.24) is 10.2 Å². The predicted molar refractivity (Wildman–Crippen MR) is 64.0 cm³/mol. The molecule has 6 heteroatoms. The molecule has 2 aliphatic rings. The SMILES string of the molecule is CNC(=O)C1CC1C(N)C(=O)N1CCCC1C#N. The van der Waals surface area contributed by atoms with Crippen LogP contribution in [0.4, 0.5) is 0 Å². The standard InChI is InChI=1S/C12H18N4O2/c1-15-11(17)9-5-8(9)10(14)12(18)16-4-2-3-7(16)6-13/h7-10H,2-5,14H2,1H3,(H,15,17). The highest BCUT2D eigenvalue weighted by Gasteiger charge is 2.50. The van der Waals surface area contributed by atoms with Crippen molar-refractivity contribution >= 4 is 11.8 Å². The molecule has 1 aliphatic carbocycles. The summed E-state index contributed by atoms with van der Waals surface area (Å²) in [6, 6.07) is 1.13. The Hall–Kier alpha value is -1.61. The average molecular weight is 250 g/mol. The van der Waals surface area contributed by atoms with Crippen LogP contribution < -0.4 is 11.1 Å². The van der Waals surface area contributed by atoms with Crippen LogP contribution >= 0.6 is 0 Å². The fourth-order valence-electron chi connectivity index (χ4n) is 2.64. The van der Waals surface area contributed by atoms with E-state index in [-0.39, 0.29) is 29.7 Å². The van der Waals surface area contributed by atoms with E-state index in [1.54, 1.807) is 11.9 Å². The van der Waals surface area contributed by atoms with Gasteiger partial charge in [0.2, 0.25) is 11.8 Å². The van der Waals surface area contributed by atoms with Crippen molar-refractivity contribution in [1.29, 1.82) is 5.26 Å². The Morgan fingerprint density at radius 2 is 2.28 bits per heavy atom. The number of likely N-dealkylation sites (tertiary alicyclic amines) is 1. The van der Waals surface area contributed by atoms with Crippen molar-refractivity contribution in [2.75, 3.05) is 13.6 Å². The molecular formula is C12H18N4O2. The zero-order chi connectivity index (χ0) is 13.3. The van der Waals surface area contributed by atoms with Gasteiger partial charge < -0.3 is 16.0 Å². The fourth-order valence-corrected chi connectivity index (χ4v) is 2.64. The number of hydrogen-bond acceptors (Lipinski definition) is 4. The number of nitrogens with two attached hydrogens (primary N) is 1. The molecule has 0 aromatic heterocycles. The monoisotopic (exact) mass is 250 g/mol.